The van der Waals surface area contributed by atoms with Crippen molar-refractivity contribution in [2.75, 3.05) is 6.61 Å². The first-order valence-electron chi connectivity index (χ1n) is 5.58. The van der Waals surface area contributed by atoms with Crippen LogP contribution in [0.4, 0.5) is 0 Å². The molecule has 0 fully saturated rings. The molecule has 2 aromatic rings. The molecule has 1 nitrogen and oxygen atoms in total. The van der Waals surface area contributed by atoms with Gasteiger partial charge in [0.05, 0.1) is 6.61 Å². The maximum absolute atomic E-state index is 5.66. The van der Waals surface area contributed by atoms with Crippen molar-refractivity contribution in [3.8, 4) is 5.75 Å². The van der Waals surface area contributed by atoms with Gasteiger partial charge in [-0.2, -0.15) is 0 Å². The Balaban J connectivity index is 1.82. The molecule has 2 aromatic carbocycles. The van der Waals surface area contributed by atoms with Crippen molar-refractivity contribution in [1.82, 2.24) is 0 Å². The Morgan fingerprint density at radius 3 is 2.25 bits per heavy atom. The number of benzene rings is 2. The predicted octanol–water partition coefficient (Wildman–Crippen LogP) is 1.57. The lowest BCUT2D eigenvalue weighted by Gasteiger charge is -2.06. The van der Waals surface area contributed by atoms with Crippen molar-refractivity contribution in [3.05, 3.63) is 60.2 Å². The Hall–Kier alpha value is -1.70. The summed E-state index contributed by atoms with van der Waals surface area (Å²) in [5.74, 6) is 0.946. The average Bonchev–Trinajstić information content (AvgIpc) is 2.33. The fourth-order valence-corrected chi connectivity index (χ4v) is 1.57. The largest absolute Gasteiger partial charge is 0.493 e. The first-order chi connectivity index (χ1) is 7.84. The monoisotopic (exact) mass is 210 g/mol. The maximum atomic E-state index is 5.66. The fourth-order valence-electron chi connectivity index (χ4n) is 1.57. The van der Waals surface area contributed by atoms with Gasteiger partial charge in [0.2, 0.25) is 0 Å². The summed E-state index contributed by atoms with van der Waals surface area (Å²) in [6.45, 7) is 0.729. The van der Waals surface area contributed by atoms with E-state index in [1.54, 1.807) is 0 Å². The first-order valence-corrected chi connectivity index (χ1v) is 5.58. The van der Waals surface area contributed by atoms with Gasteiger partial charge in [-0.05, 0) is 17.7 Å². The summed E-state index contributed by atoms with van der Waals surface area (Å²) in [5, 5.41) is 0. The number of hydrogen-bond acceptors (Lipinski definition) is 1. The Morgan fingerprint density at radius 1 is 0.875 bits per heavy atom. The van der Waals surface area contributed by atoms with Crippen LogP contribution in [0.3, 0.4) is 0 Å². The van der Waals surface area contributed by atoms with Gasteiger partial charge in [-0.1, -0.05) is 47.9 Å². The van der Waals surface area contributed by atoms with Gasteiger partial charge in [-0.3, -0.25) is 0 Å². The second-order valence-corrected chi connectivity index (χ2v) is 3.90. The maximum Gasteiger partial charge on any atom is 0.139 e. The van der Waals surface area contributed by atoms with Gasteiger partial charge >= 0.3 is 0 Å². The smallest absolute Gasteiger partial charge is 0.139 e. The van der Waals surface area contributed by atoms with E-state index in [1.807, 2.05) is 18.2 Å². The van der Waals surface area contributed by atoms with Crippen molar-refractivity contribution in [2.45, 2.75) is 6.42 Å². The SMILES string of the molecule is Bc1ccc(OCCc2ccccc2)cc1. The minimum absolute atomic E-state index is 0.729. The van der Waals surface area contributed by atoms with Gasteiger partial charge in [-0.15, -0.1) is 0 Å². The molecular weight excluding hydrogens is 195 g/mol. The van der Waals surface area contributed by atoms with Crippen LogP contribution in [-0.4, -0.2) is 14.5 Å². The van der Waals surface area contributed by atoms with E-state index in [0.717, 1.165) is 18.8 Å². The number of ether oxygens (including phenoxy) is 1. The van der Waals surface area contributed by atoms with E-state index in [2.05, 4.69) is 44.2 Å². The molecule has 0 aromatic heterocycles. The van der Waals surface area contributed by atoms with Crippen LogP contribution in [0.1, 0.15) is 5.56 Å². The molecule has 0 aliphatic rings. The molecule has 0 amide bonds. The molecule has 0 radical (unpaired) electrons. The van der Waals surface area contributed by atoms with Crippen LogP contribution in [0.15, 0.2) is 54.6 Å². The molecule has 0 saturated carbocycles. The lowest BCUT2D eigenvalue weighted by molar-refractivity contribution is 0.322. The molecule has 80 valence electrons. The molecule has 2 rings (SSSR count). The summed E-state index contributed by atoms with van der Waals surface area (Å²) >= 11 is 0. The van der Waals surface area contributed by atoms with Crippen molar-refractivity contribution in [1.29, 1.82) is 0 Å². The first kappa shape index (κ1) is 10.8. The third kappa shape index (κ3) is 3.16. The lowest BCUT2D eigenvalue weighted by atomic mass is 9.97. The van der Waals surface area contributed by atoms with Crippen LogP contribution in [0.5, 0.6) is 5.75 Å². The zero-order valence-electron chi connectivity index (χ0n) is 9.52. The van der Waals surface area contributed by atoms with E-state index >= 15 is 0 Å². The third-order valence-electron chi connectivity index (χ3n) is 2.52. The van der Waals surface area contributed by atoms with Gasteiger partial charge in [0.15, 0.2) is 0 Å². The summed E-state index contributed by atoms with van der Waals surface area (Å²) in [6, 6.07) is 18.6. The summed E-state index contributed by atoms with van der Waals surface area (Å²) in [4.78, 5) is 0. The summed E-state index contributed by atoms with van der Waals surface area (Å²) in [5.41, 5.74) is 2.57. The molecule has 0 aliphatic heterocycles. The second-order valence-electron chi connectivity index (χ2n) is 3.90. The van der Waals surface area contributed by atoms with E-state index < -0.39 is 0 Å². The minimum atomic E-state index is 0.729. The van der Waals surface area contributed by atoms with Gasteiger partial charge in [0.1, 0.15) is 13.6 Å². The van der Waals surface area contributed by atoms with Gasteiger partial charge in [0, 0.05) is 6.42 Å². The van der Waals surface area contributed by atoms with Crippen LogP contribution in [0.25, 0.3) is 0 Å². The summed E-state index contributed by atoms with van der Waals surface area (Å²) < 4.78 is 5.66. The number of hydrogen-bond donors (Lipinski definition) is 0. The quantitative estimate of drug-likeness (QED) is 0.696. The topological polar surface area (TPSA) is 9.23 Å². The van der Waals surface area contributed by atoms with E-state index in [4.69, 9.17) is 4.74 Å². The summed E-state index contributed by atoms with van der Waals surface area (Å²) in [6.07, 6.45) is 0.953. The Morgan fingerprint density at radius 2 is 1.56 bits per heavy atom. The molecule has 0 saturated heterocycles. The molecule has 0 bridgehead atoms. The normalized spacial score (nSPS) is 10.0. The van der Waals surface area contributed by atoms with E-state index in [9.17, 15) is 0 Å². The van der Waals surface area contributed by atoms with Crippen molar-refractivity contribution < 1.29 is 4.74 Å². The second kappa shape index (κ2) is 5.41. The van der Waals surface area contributed by atoms with Crippen LogP contribution >= 0.6 is 0 Å². The highest BCUT2D eigenvalue weighted by atomic mass is 16.5. The van der Waals surface area contributed by atoms with Crippen molar-refractivity contribution in [3.63, 3.8) is 0 Å². The van der Waals surface area contributed by atoms with Gasteiger partial charge in [0.25, 0.3) is 0 Å². The van der Waals surface area contributed by atoms with E-state index in [0.29, 0.717) is 0 Å². The molecule has 0 spiro atoms. The highest BCUT2D eigenvalue weighted by Gasteiger charge is 1.94. The van der Waals surface area contributed by atoms with Crippen LogP contribution in [-0.2, 0) is 6.42 Å². The Bertz CT molecular complexity index is 422. The minimum Gasteiger partial charge on any atom is -0.493 e. The molecule has 0 atom stereocenters. The molecule has 16 heavy (non-hydrogen) atoms. The van der Waals surface area contributed by atoms with E-state index in [-0.39, 0.29) is 0 Å². The van der Waals surface area contributed by atoms with Crippen molar-refractivity contribution >= 4 is 13.3 Å². The van der Waals surface area contributed by atoms with Crippen molar-refractivity contribution in [2.24, 2.45) is 0 Å². The molecule has 0 heterocycles. The highest BCUT2D eigenvalue weighted by molar-refractivity contribution is 6.32. The predicted molar refractivity (Wildman–Crippen MR) is 70.3 cm³/mol. The Labute approximate surface area is 97.5 Å². The Kier molecular flexibility index (Phi) is 3.65. The van der Waals surface area contributed by atoms with E-state index in [1.165, 1.54) is 11.0 Å². The molecular formula is C14H15BO. The molecule has 0 aliphatic carbocycles. The van der Waals surface area contributed by atoms with Crippen LogP contribution in [0, 0.1) is 0 Å². The van der Waals surface area contributed by atoms with Crippen LogP contribution in [0.2, 0.25) is 0 Å². The summed E-state index contributed by atoms with van der Waals surface area (Å²) in [7, 11) is 2.08. The van der Waals surface area contributed by atoms with Gasteiger partial charge < -0.3 is 4.74 Å². The molecule has 2 heteroatoms. The lowest BCUT2D eigenvalue weighted by Crippen LogP contribution is -2.04. The van der Waals surface area contributed by atoms with Gasteiger partial charge in [-0.25, -0.2) is 0 Å². The standard InChI is InChI=1S/C14H15BO/c15-13-6-8-14(9-7-13)16-11-10-12-4-2-1-3-5-12/h1-9H,10-11,15H2. The molecule has 0 unspecified atom stereocenters. The van der Waals surface area contributed by atoms with Crippen LogP contribution < -0.4 is 10.2 Å². The highest BCUT2D eigenvalue weighted by Crippen LogP contribution is 2.08. The third-order valence-corrected chi connectivity index (χ3v) is 2.52. The average molecular weight is 210 g/mol. The number of rotatable bonds is 4. The molecule has 0 N–H and O–H groups in total. The zero-order chi connectivity index (χ0) is 11.2. The zero-order valence-corrected chi connectivity index (χ0v) is 9.52. The fraction of sp³-hybridized carbons (Fsp3) is 0.143.